The zero-order valence-electron chi connectivity index (χ0n) is 11.9. The average molecular weight is 300 g/mol. The van der Waals surface area contributed by atoms with E-state index >= 15 is 0 Å². The molecule has 0 aliphatic heterocycles. The summed E-state index contributed by atoms with van der Waals surface area (Å²) in [5.41, 5.74) is 0.645. The monoisotopic (exact) mass is 300 g/mol. The van der Waals surface area contributed by atoms with Gasteiger partial charge in [0.25, 0.3) is 0 Å². The third-order valence-electron chi connectivity index (χ3n) is 2.87. The Labute approximate surface area is 119 Å². The third-order valence-corrected chi connectivity index (χ3v) is 4.48. The Morgan fingerprint density at radius 2 is 2.00 bits per heavy atom. The average Bonchev–Trinajstić information content (AvgIpc) is 2.43. The largest absolute Gasteiger partial charge is 0.465 e. The Kier molecular flexibility index (Phi) is 6.12. The highest BCUT2D eigenvalue weighted by atomic mass is 32.2. The van der Waals surface area contributed by atoms with Gasteiger partial charge in [0.2, 0.25) is 10.0 Å². The van der Waals surface area contributed by atoms with E-state index in [9.17, 15) is 13.2 Å². The minimum absolute atomic E-state index is 0.102. The van der Waals surface area contributed by atoms with Crippen LogP contribution in [0.2, 0.25) is 0 Å². The number of ether oxygens (including phenoxy) is 1. The molecule has 1 rings (SSSR count). The summed E-state index contributed by atoms with van der Waals surface area (Å²) in [7, 11) is -0.554. The number of esters is 1. The normalized spacial score (nSPS) is 11.3. The molecule has 0 aromatic heterocycles. The number of rotatable bonds is 7. The molecule has 0 unspecified atom stereocenters. The second-order valence-electron chi connectivity index (χ2n) is 4.28. The van der Waals surface area contributed by atoms with Crippen molar-refractivity contribution in [3.63, 3.8) is 0 Å². The number of carbonyl (C=O) groups excluding carboxylic acids is 1. The van der Waals surface area contributed by atoms with Gasteiger partial charge in [0, 0.05) is 6.54 Å². The zero-order valence-corrected chi connectivity index (χ0v) is 12.7. The van der Waals surface area contributed by atoms with Gasteiger partial charge in [0.05, 0.1) is 17.6 Å². The van der Waals surface area contributed by atoms with Gasteiger partial charge in [0.1, 0.15) is 0 Å². The van der Waals surface area contributed by atoms with Gasteiger partial charge >= 0.3 is 5.97 Å². The van der Waals surface area contributed by atoms with E-state index in [1.165, 1.54) is 19.2 Å². The fraction of sp³-hybridized carbons (Fsp3) is 0.462. The van der Waals surface area contributed by atoms with Crippen molar-refractivity contribution >= 4 is 16.0 Å². The molecule has 0 saturated heterocycles. The van der Waals surface area contributed by atoms with Gasteiger partial charge in [-0.05, 0) is 44.6 Å². The van der Waals surface area contributed by atoms with Gasteiger partial charge in [-0.1, -0.05) is 6.07 Å². The minimum Gasteiger partial charge on any atom is -0.465 e. The number of benzene rings is 1. The van der Waals surface area contributed by atoms with E-state index in [-0.39, 0.29) is 10.5 Å². The zero-order chi connectivity index (χ0) is 15.2. The second-order valence-corrected chi connectivity index (χ2v) is 6.01. The molecular formula is C13H20N2O4S. The fourth-order valence-electron chi connectivity index (χ4n) is 1.79. The highest BCUT2D eigenvalue weighted by Crippen LogP contribution is 2.19. The molecular weight excluding hydrogens is 280 g/mol. The van der Waals surface area contributed by atoms with Crippen molar-refractivity contribution in [1.29, 1.82) is 0 Å². The van der Waals surface area contributed by atoms with Crippen molar-refractivity contribution < 1.29 is 17.9 Å². The van der Waals surface area contributed by atoms with E-state index in [0.29, 0.717) is 18.5 Å². The molecule has 7 heteroatoms. The molecule has 0 saturated carbocycles. The molecule has 0 amide bonds. The minimum atomic E-state index is -3.62. The lowest BCUT2D eigenvalue weighted by atomic mass is 10.1. The van der Waals surface area contributed by atoms with E-state index in [2.05, 4.69) is 14.8 Å². The SMILES string of the molecule is CNCCCNS(=O)(=O)c1cccc(C(=O)OC)c1C. The van der Waals surface area contributed by atoms with Crippen LogP contribution in [-0.2, 0) is 14.8 Å². The quantitative estimate of drug-likeness (QED) is 0.571. The standard InChI is InChI=1S/C13H20N2O4S/c1-10-11(13(16)19-3)6-4-7-12(10)20(17,18)15-9-5-8-14-2/h4,6-7,14-15H,5,8-9H2,1-3H3. The van der Waals surface area contributed by atoms with Gasteiger partial charge in [-0.15, -0.1) is 0 Å². The molecule has 0 radical (unpaired) electrons. The first-order chi connectivity index (χ1) is 9.44. The lowest BCUT2D eigenvalue weighted by Gasteiger charge is -2.11. The molecule has 20 heavy (non-hydrogen) atoms. The first-order valence-electron chi connectivity index (χ1n) is 6.26. The van der Waals surface area contributed by atoms with Crippen molar-refractivity contribution in [3.05, 3.63) is 29.3 Å². The highest BCUT2D eigenvalue weighted by Gasteiger charge is 2.20. The van der Waals surface area contributed by atoms with Crippen LogP contribution in [-0.4, -0.2) is 41.6 Å². The number of hydrogen-bond acceptors (Lipinski definition) is 5. The Morgan fingerprint density at radius 1 is 1.30 bits per heavy atom. The van der Waals surface area contributed by atoms with Crippen LogP contribution < -0.4 is 10.0 Å². The van der Waals surface area contributed by atoms with Gasteiger partial charge in [-0.2, -0.15) is 0 Å². The van der Waals surface area contributed by atoms with E-state index in [0.717, 1.165) is 6.54 Å². The number of nitrogens with one attached hydrogen (secondary N) is 2. The first kappa shape index (κ1) is 16.6. The molecule has 0 heterocycles. The maximum Gasteiger partial charge on any atom is 0.338 e. The van der Waals surface area contributed by atoms with E-state index in [1.54, 1.807) is 20.0 Å². The van der Waals surface area contributed by atoms with Crippen LogP contribution in [0, 0.1) is 6.92 Å². The molecule has 0 bridgehead atoms. The molecule has 0 spiro atoms. The first-order valence-corrected chi connectivity index (χ1v) is 7.74. The summed E-state index contributed by atoms with van der Waals surface area (Å²) in [5, 5.41) is 2.94. The molecule has 0 fully saturated rings. The lowest BCUT2D eigenvalue weighted by molar-refractivity contribution is 0.0599. The van der Waals surface area contributed by atoms with E-state index < -0.39 is 16.0 Å². The van der Waals surface area contributed by atoms with Crippen LogP contribution in [0.25, 0.3) is 0 Å². The van der Waals surface area contributed by atoms with Gasteiger partial charge in [-0.3, -0.25) is 0 Å². The molecule has 6 nitrogen and oxygen atoms in total. The maximum absolute atomic E-state index is 12.2. The van der Waals surface area contributed by atoms with Crippen LogP contribution in [0.4, 0.5) is 0 Å². The number of hydrogen-bond donors (Lipinski definition) is 2. The van der Waals surface area contributed by atoms with E-state index in [1.807, 2.05) is 0 Å². The Morgan fingerprint density at radius 3 is 2.60 bits per heavy atom. The summed E-state index contributed by atoms with van der Waals surface area (Å²) >= 11 is 0. The lowest BCUT2D eigenvalue weighted by Crippen LogP contribution is -2.27. The van der Waals surface area contributed by atoms with E-state index in [4.69, 9.17) is 0 Å². The summed E-state index contributed by atoms with van der Waals surface area (Å²) in [6, 6.07) is 4.55. The van der Waals surface area contributed by atoms with Crippen LogP contribution in [0.15, 0.2) is 23.1 Å². The summed E-state index contributed by atoms with van der Waals surface area (Å²) in [5.74, 6) is -0.547. The Hall–Kier alpha value is -1.44. The van der Waals surface area contributed by atoms with Crippen LogP contribution in [0.3, 0.4) is 0 Å². The molecule has 0 aliphatic carbocycles. The predicted molar refractivity (Wildman–Crippen MR) is 76.3 cm³/mol. The van der Waals surface area contributed by atoms with Gasteiger partial charge in [0.15, 0.2) is 0 Å². The maximum atomic E-state index is 12.2. The fourth-order valence-corrected chi connectivity index (χ4v) is 3.13. The predicted octanol–water partition coefficient (Wildman–Crippen LogP) is 0.669. The van der Waals surface area contributed by atoms with Crippen LogP contribution >= 0.6 is 0 Å². The van der Waals surface area contributed by atoms with Crippen molar-refractivity contribution in [2.45, 2.75) is 18.2 Å². The molecule has 112 valence electrons. The van der Waals surface area contributed by atoms with Crippen LogP contribution in [0.1, 0.15) is 22.3 Å². The van der Waals surface area contributed by atoms with Crippen molar-refractivity contribution in [3.8, 4) is 0 Å². The summed E-state index contributed by atoms with van der Waals surface area (Å²) in [4.78, 5) is 11.7. The Balaban J connectivity index is 2.98. The van der Waals surface area contributed by atoms with Crippen molar-refractivity contribution in [2.75, 3.05) is 27.2 Å². The molecule has 0 atom stereocenters. The van der Waals surface area contributed by atoms with Crippen molar-refractivity contribution in [1.82, 2.24) is 10.0 Å². The highest BCUT2D eigenvalue weighted by molar-refractivity contribution is 7.89. The Bertz CT molecular complexity index is 570. The number of methoxy groups -OCH3 is 1. The molecule has 1 aromatic rings. The van der Waals surface area contributed by atoms with Gasteiger partial charge < -0.3 is 10.1 Å². The molecule has 0 aliphatic rings. The smallest absolute Gasteiger partial charge is 0.338 e. The molecule has 1 aromatic carbocycles. The van der Waals surface area contributed by atoms with Crippen LogP contribution in [0.5, 0.6) is 0 Å². The summed E-state index contributed by atoms with van der Waals surface area (Å²) in [6.07, 6.45) is 0.686. The van der Waals surface area contributed by atoms with Crippen molar-refractivity contribution in [2.24, 2.45) is 0 Å². The molecule has 2 N–H and O–H groups in total. The van der Waals surface area contributed by atoms with Gasteiger partial charge in [-0.25, -0.2) is 17.9 Å². The third kappa shape index (κ3) is 4.03. The second kappa shape index (κ2) is 7.37. The summed E-state index contributed by atoms with van der Waals surface area (Å²) in [6.45, 7) is 2.66. The number of carbonyl (C=O) groups is 1. The summed E-state index contributed by atoms with van der Waals surface area (Å²) < 4.78 is 31.5. The number of sulfonamides is 1. The topological polar surface area (TPSA) is 84.5 Å².